The summed E-state index contributed by atoms with van der Waals surface area (Å²) in [4.78, 5) is 0. The highest BCUT2D eigenvalue weighted by atomic mass is 16.5. The Hall–Kier alpha value is -2.62. The SMILES string of the molecule is COc1ccc(OCc2cc3cc(O)ccc3n2C)cc1. The number of aryl methyl sites for hydroxylation is 1. The second-order valence-electron chi connectivity index (χ2n) is 4.90. The van der Waals surface area contributed by atoms with E-state index in [2.05, 4.69) is 4.57 Å². The van der Waals surface area contributed by atoms with E-state index in [1.54, 1.807) is 19.2 Å². The van der Waals surface area contributed by atoms with Gasteiger partial charge in [0.2, 0.25) is 0 Å². The fourth-order valence-electron chi connectivity index (χ4n) is 2.36. The Bertz CT molecular complexity index is 760. The summed E-state index contributed by atoms with van der Waals surface area (Å²) in [6.07, 6.45) is 0. The van der Waals surface area contributed by atoms with Crippen molar-refractivity contribution in [2.24, 2.45) is 7.05 Å². The van der Waals surface area contributed by atoms with E-state index in [-0.39, 0.29) is 5.75 Å². The van der Waals surface area contributed by atoms with Gasteiger partial charge in [-0.2, -0.15) is 0 Å². The summed E-state index contributed by atoms with van der Waals surface area (Å²) < 4.78 is 13.0. The van der Waals surface area contributed by atoms with Gasteiger partial charge < -0.3 is 19.1 Å². The van der Waals surface area contributed by atoms with Gasteiger partial charge in [0.1, 0.15) is 23.9 Å². The third kappa shape index (κ3) is 2.65. The Morgan fingerprint density at radius 2 is 1.71 bits per heavy atom. The Morgan fingerprint density at radius 3 is 2.43 bits per heavy atom. The average Bonchev–Trinajstić information content (AvgIpc) is 2.81. The molecule has 4 nitrogen and oxygen atoms in total. The van der Waals surface area contributed by atoms with E-state index in [0.29, 0.717) is 6.61 Å². The van der Waals surface area contributed by atoms with Crippen molar-refractivity contribution < 1.29 is 14.6 Å². The number of aromatic hydroxyl groups is 1. The van der Waals surface area contributed by atoms with Gasteiger partial charge in [0, 0.05) is 18.0 Å². The third-order valence-electron chi connectivity index (χ3n) is 3.57. The van der Waals surface area contributed by atoms with Crippen LogP contribution in [0, 0.1) is 0 Å². The van der Waals surface area contributed by atoms with E-state index < -0.39 is 0 Å². The van der Waals surface area contributed by atoms with Crippen molar-refractivity contribution in [2.75, 3.05) is 7.11 Å². The van der Waals surface area contributed by atoms with Gasteiger partial charge in [0.05, 0.1) is 12.8 Å². The minimum absolute atomic E-state index is 0.274. The zero-order valence-corrected chi connectivity index (χ0v) is 12.0. The molecule has 0 radical (unpaired) electrons. The topological polar surface area (TPSA) is 43.6 Å². The summed E-state index contributed by atoms with van der Waals surface area (Å²) in [5.41, 5.74) is 2.12. The van der Waals surface area contributed by atoms with E-state index in [9.17, 15) is 5.11 Å². The first-order valence-corrected chi connectivity index (χ1v) is 6.71. The van der Waals surface area contributed by atoms with Crippen LogP contribution in [-0.2, 0) is 13.7 Å². The molecule has 0 spiro atoms. The number of hydrogen-bond acceptors (Lipinski definition) is 3. The van der Waals surface area contributed by atoms with Crippen molar-refractivity contribution in [1.29, 1.82) is 0 Å². The molecule has 2 aromatic carbocycles. The molecule has 4 heteroatoms. The van der Waals surface area contributed by atoms with Crippen LogP contribution in [-0.4, -0.2) is 16.8 Å². The number of hydrogen-bond donors (Lipinski definition) is 1. The molecule has 0 aliphatic heterocycles. The molecule has 0 aliphatic rings. The molecule has 0 saturated carbocycles. The van der Waals surface area contributed by atoms with Crippen LogP contribution in [0.4, 0.5) is 0 Å². The Kier molecular flexibility index (Phi) is 3.44. The molecule has 1 aromatic heterocycles. The van der Waals surface area contributed by atoms with Crippen LogP contribution < -0.4 is 9.47 Å². The lowest BCUT2D eigenvalue weighted by atomic mass is 10.2. The summed E-state index contributed by atoms with van der Waals surface area (Å²) in [5.74, 6) is 1.88. The molecule has 1 N–H and O–H groups in total. The molecule has 108 valence electrons. The molecule has 0 saturated heterocycles. The lowest BCUT2D eigenvalue weighted by Crippen LogP contribution is -2.01. The van der Waals surface area contributed by atoms with Crippen LogP contribution in [0.1, 0.15) is 5.69 Å². The maximum atomic E-state index is 9.54. The standard InChI is InChI=1S/C17H17NO3/c1-18-13(9-12-10-14(19)3-8-17(12)18)11-21-16-6-4-15(20-2)5-7-16/h3-10,19H,11H2,1-2H3. The van der Waals surface area contributed by atoms with Crippen molar-refractivity contribution in [2.45, 2.75) is 6.61 Å². The smallest absolute Gasteiger partial charge is 0.128 e. The number of aromatic nitrogens is 1. The maximum Gasteiger partial charge on any atom is 0.128 e. The molecule has 0 amide bonds. The molecule has 0 aliphatic carbocycles. The number of methoxy groups -OCH3 is 1. The van der Waals surface area contributed by atoms with Crippen molar-refractivity contribution in [1.82, 2.24) is 4.57 Å². The predicted molar refractivity (Wildman–Crippen MR) is 81.9 cm³/mol. The van der Waals surface area contributed by atoms with Crippen LogP contribution >= 0.6 is 0 Å². The average molecular weight is 283 g/mol. The summed E-state index contributed by atoms with van der Waals surface area (Å²) in [6, 6.07) is 14.9. The summed E-state index contributed by atoms with van der Waals surface area (Å²) >= 11 is 0. The van der Waals surface area contributed by atoms with Crippen LogP contribution in [0.3, 0.4) is 0 Å². The first-order chi connectivity index (χ1) is 10.2. The van der Waals surface area contributed by atoms with E-state index >= 15 is 0 Å². The molecular weight excluding hydrogens is 266 g/mol. The molecule has 0 unspecified atom stereocenters. The largest absolute Gasteiger partial charge is 0.508 e. The lowest BCUT2D eigenvalue weighted by molar-refractivity contribution is 0.297. The molecule has 1 heterocycles. The Labute approximate surface area is 123 Å². The Balaban J connectivity index is 1.79. The highest BCUT2D eigenvalue weighted by molar-refractivity contribution is 5.82. The van der Waals surface area contributed by atoms with Gasteiger partial charge in [0.25, 0.3) is 0 Å². The van der Waals surface area contributed by atoms with Gasteiger partial charge in [-0.15, -0.1) is 0 Å². The van der Waals surface area contributed by atoms with Gasteiger partial charge in [0.15, 0.2) is 0 Å². The second-order valence-corrected chi connectivity index (χ2v) is 4.90. The monoisotopic (exact) mass is 283 g/mol. The fourth-order valence-corrected chi connectivity index (χ4v) is 2.36. The maximum absolute atomic E-state index is 9.54. The van der Waals surface area contributed by atoms with Crippen molar-refractivity contribution in [3.63, 3.8) is 0 Å². The summed E-state index contributed by atoms with van der Waals surface area (Å²) in [6.45, 7) is 0.471. The molecule has 0 atom stereocenters. The lowest BCUT2D eigenvalue weighted by Gasteiger charge is -2.08. The summed E-state index contributed by atoms with van der Waals surface area (Å²) in [5, 5.41) is 10.5. The first kappa shape index (κ1) is 13.4. The first-order valence-electron chi connectivity index (χ1n) is 6.71. The van der Waals surface area contributed by atoms with E-state index in [4.69, 9.17) is 9.47 Å². The van der Waals surface area contributed by atoms with Crippen LogP contribution in [0.2, 0.25) is 0 Å². The number of fused-ring (bicyclic) bond motifs is 1. The highest BCUT2D eigenvalue weighted by Crippen LogP contribution is 2.24. The number of rotatable bonds is 4. The minimum atomic E-state index is 0.274. The quantitative estimate of drug-likeness (QED) is 0.797. The summed E-state index contributed by atoms with van der Waals surface area (Å²) in [7, 11) is 3.63. The van der Waals surface area contributed by atoms with E-state index in [0.717, 1.165) is 28.1 Å². The number of ether oxygens (including phenoxy) is 2. The second kappa shape index (κ2) is 5.40. The zero-order valence-electron chi connectivity index (χ0n) is 12.0. The molecule has 3 aromatic rings. The third-order valence-corrected chi connectivity index (χ3v) is 3.57. The van der Waals surface area contributed by atoms with Crippen LogP contribution in [0.25, 0.3) is 10.9 Å². The van der Waals surface area contributed by atoms with Crippen molar-refractivity contribution in [3.05, 3.63) is 54.2 Å². The minimum Gasteiger partial charge on any atom is -0.508 e. The van der Waals surface area contributed by atoms with Crippen LogP contribution in [0.5, 0.6) is 17.2 Å². The molecule has 0 bridgehead atoms. The normalized spacial score (nSPS) is 10.8. The van der Waals surface area contributed by atoms with E-state index in [1.165, 1.54) is 0 Å². The fraction of sp³-hybridized carbons (Fsp3) is 0.176. The number of phenols is 1. The van der Waals surface area contributed by atoms with Crippen molar-refractivity contribution >= 4 is 10.9 Å². The zero-order chi connectivity index (χ0) is 14.8. The number of nitrogens with zero attached hydrogens (tertiary/aromatic N) is 1. The molecule has 0 fully saturated rings. The Morgan fingerprint density at radius 1 is 1.00 bits per heavy atom. The van der Waals surface area contributed by atoms with Gasteiger partial charge in [-0.1, -0.05) is 0 Å². The van der Waals surface area contributed by atoms with E-state index in [1.807, 2.05) is 43.4 Å². The molecular formula is C17H17NO3. The number of benzene rings is 2. The van der Waals surface area contributed by atoms with Gasteiger partial charge in [-0.25, -0.2) is 0 Å². The highest BCUT2D eigenvalue weighted by Gasteiger charge is 2.07. The molecule has 3 rings (SSSR count). The molecule has 21 heavy (non-hydrogen) atoms. The van der Waals surface area contributed by atoms with Gasteiger partial charge in [-0.3, -0.25) is 0 Å². The van der Waals surface area contributed by atoms with Crippen LogP contribution in [0.15, 0.2) is 48.5 Å². The predicted octanol–water partition coefficient (Wildman–Crippen LogP) is 3.47. The van der Waals surface area contributed by atoms with Gasteiger partial charge >= 0.3 is 0 Å². The van der Waals surface area contributed by atoms with Gasteiger partial charge in [-0.05, 0) is 48.5 Å². The van der Waals surface area contributed by atoms with Crippen molar-refractivity contribution in [3.8, 4) is 17.2 Å². The number of phenolic OH excluding ortho intramolecular Hbond substituents is 1.